The van der Waals surface area contributed by atoms with Gasteiger partial charge in [0, 0.05) is 16.9 Å². The van der Waals surface area contributed by atoms with Crippen LogP contribution in [0.2, 0.25) is 0 Å². The van der Waals surface area contributed by atoms with Gasteiger partial charge in [0.2, 0.25) is 5.82 Å². The van der Waals surface area contributed by atoms with Crippen molar-refractivity contribution in [2.24, 2.45) is 5.84 Å². The van der Waals surface area contributed by atoms with Gasteiger partial charge in [0.15, 0.2) is 23.3 Å². The number of nitrogens with one attached hydrogen (secondary N) is 1. The predicted molar refractivity (Wildman–Crippen MR) is 72.0 cm³/mol. The number of hydrogen-bond acceptors (Lipinski definition) is 3. The molecule has 0 fully saturated rings. The Morgan fingerprint density at radius 1 is 1.00 bits per heavy atom. The highest BCUT2D eigenvalue weighted by Gasteiger charge is 2.30. The van der Waals surface area contributed by atoms with Crippen LogP contribution in [0.3, 0.4) is 0 Å². The zero-order chi connectivity index (χ0) is 15.7. The minimum absolute atomic E-state index is 0.0227. The van der Waals surface area contributed by atoms with Crippen LogP contribution in [-0.2, 0) is 6.42 Å². The molecule has 0 saturated heterocycles. The molecule has 2 nitrogen and oxygen atoms in total. The Morgan fingerprint density at radius 2 is 1.52 bits per heavy atom. The second-order valence-corrected chi connectivity index (χ2v) is 6.66. The number of thiophene rings is 1. The van der Waals surface area contributed by atoms with Crippen LogP contribution in [0.25, 0.3) is 0 Å². The molecule has 0 aliphatic heterocycles. The summed E-state index contributed by atoms with van der Waals surface area (Å²) in [7, 11) is 0. The van der Waals surface area contributed by atoms with E-state index in [1.807, 2.05) is 0 Å². The number of hydrogen-bond donors (Lipinski definition) is 2. The average Bonchev–Trinajstić information content (AvgIpc) is 2.87. The first-order valence-electron chi connectivity index (χ1n) is 5.58. The fraction of sp³-hybridized carbons (Fsp3) is 0.167. The molecule has 0 bridgehead atoms. The number of rotatable bonds is 4. The predicted octanol–water partition coefficient (Wildman–Crippen LogP) is 3.95. The number of hydrazine groups is 1. The first-order valence-corrected chi connectivity index (χ1v) is 7.19. The fourth-order valence-corrected chi connectivity index (χ4v) is 3.36. The van der Waals surface area contributed by atoms with E-state index >= 15 is 0 Å². The van der Waals surface area contributed by atoms with Crippen molar-refractivity contribution >= 4 is 27.3 Å². The standard InChI is InChI=1S/C12H8BrF5N2S/c13-6-2-1-4(21-6)3-5(20-19)7-8(14)10(16)12(18)11(17)9(7)15/h1-2,5,20H,3,19H2. The normalized spacial score (nSPS) is 12.7. The average molecular weight is 387 g/mol. The van der Waals surface area contributed by atoms with Crippen molar-refractivity contribution in [2.75, 3.05) is 0 Å². The molecule has 1 heterocycles. The molecule has 1 atom stereocenters. The van der Waals surface area contributed by atoms with Gasteiger partial charge >= 0.3 is 0 Å². The van der Waals surface area contributed by atoms with Crippen molar-refractivity contribution < 1.29 is 22.0 Å². The largest absolute Gasteiger partial charge is 0.271 e. The quantitative estimate of drug-likeness (QED) is 0.274. The molecule has 0 radical (unpaired) electrons. The molecule has 0 aliphatic carbocycles. The molecule has 2 rings (SSSR count). The molecule has 0 spiro atoms. The lowest BCUT2D eigenvalue weighted by Crippen LogP contribution is -2.31. The van der Waals surface area contributed by atoms with Gasteiger partial charge in [0.25, 0.3) is 0 Å². The zero-order valence-corrected chi connectivity index (χ0v) is 12.6. The van der Waals surface area contributed by atoms with Gasteiger partial charge in [-0.3, -0.25) is 11.3 Å². The lowest BCUT2D eigenvalue weighted by molar-refractivity contribution is 0.356. The van der Waals surface area contributed by atoms with Crippen molar-refractivity contribution in [2.45, 2.75) is 12.5 Å². The molecule has 0 saturated carbocycles. The molecular formula is C12H8BrF5N2S. The smallest absolute Gasteiger partial charge is 0.200 e. The van der Waals surface area contributed by atoms with Gasteiger partial charge in [-0.2, -0.15) is 0 Å². The van der Waals surface area contributed by atoms with Crippen molar-refractivity contribution in [1.82, 2.24) is 5.43 Å². The van der Waals surface area contributed by atoms with Crippen LogP contribution in [0.15, 0.2) is 15.9 Å². The number of halogens is 6. The van der Waals surface area contributed by atoms with E-state index in [4.69, 9.17) is 5.84 Å². The highest BCUT2D eigenvalue weighted by atomic mass is 79.9. The molecular weight excluding hydrogens is 379 g/mol. The Labute approximate surface area is 128 Å². The van der Waals surface area contributed by atoms with Crippen LogP contribution in [-0.4, -0.2) is 0 Å². The zero-order valence-electron chi connectivity index (χ0n) is 10.2. The highest BCUT2D eigenvalue weighted by molar-refractivity contribution is 9.11. The monoisotopic (exact) mass is 386 g/mol. The Hall–Kier alpha value is -1.03. The van der Waals surface area contributed by atoms with Crippen LogP contribution in [0.4, 0.5) is 22.0 Å². The van der Waals surface area contributed by atoms with Crippen LogP contribution in [0.1, 0.15) is 16.5 Å². The van der Waals surface area contributed by atoms with Crippen LogP contribution < -0.4 is 11.3 Å². The van der Waals surface area contributed by atoms with Gasteiger partial charge < -0.3 is 0 Å². The summed E-state index contributed by atoms with van der Waals surface area (Å²) in [5.41, 5.74) is 1.11. The third-order valence-corrected chi connectivity index (χ3v) is 4.47. The minimum Gasteiger partial charge on any atom is -0.271 e. The molecule has 1 unspecified atom stereocenters. The van der Waals surface area contributed by atoms with Gasteiger partial charge in [0.1, 0.15) is 0 Å². The molecule has 1 aromatic carbocycles. The summed E-state index contributed by atoms with van der Waals surface area (Å²) in [5.74, 6) is -4.73. The van der Waals surface area contributed by atoms with E-state index in [1.165, 1.54) is 11.3 Å². The van der Waals surface area contributed by atoms with Crippen molar-refractivity contribution in [3.05, 3.63) is 55.4 Å². The lowest BCUT2D eigenvalue weighted by Gasteiger charge is -2.18. The van der Waals surface area contributed by atoms with Gasteiger partial charge in [0.05, 0.1) is 9.83 Å². The maximum Gasteiger partial charge on any atom is 0.200 e. The molecule has 1 aromatic heterocycles. The Morgan fingerprint density at radius 3 is 1.95 bits per heavy atom. The Balaban J connectivity index is 2.47. The summed E-state index contributed by atoms with van der Waals surface area (Å²) in [6.45, 7) is 0. The molecule has 0 aliphatic rings. The van der Waals surface area contributed by atoms with E-state index in [2.05, 4.69) is 21.4 Å². The minimum atomic E-state index is -2.19. The Bertz CT molecular complexity index is 647. The van der Waals surface area contributed by atoms with E-state index in [1.54, 1.807) is 12.1 Å². The first kappa shape index (κ1) is 16.3. The van der Waals surface area contributed by atoms with Gasteiger partial charge in [-0.1, -0.05) is 0 Å². The van der Waals surface area contributed by atoms with Crippen LogP contribution in [0, 0.1) is 29.1 Å². The van der Waals surface area contributed by atoms with Crippen molar-refractivity contribution in [1.29, 1.82) is 0 Å². The van der Waals surface area contributed by atoms with Crippen LogP contribution in [0.5, 0.6) is 0 Å². The van der Waals surface area contributed by atoms with E-state index in [0.717, 1.165) is 3.79 Å². The number of benzene rings is 1. The summed E-state index contributed by atoms with van der Waals surface area (Å²) in [6.07, 6.45) is -0.0227. The SMILES string of the molecule is NNC(Cc1ccc(Br)s1)c1c(F)c(F)c(F)c(F)c1F. The van der Waals surface area contributed by atoms with E-state index in [9.17, 15) is 22.0 Å². The molecule has 0 amide bonds. The highest BCUT2D eigenvalue weighted by Crippen LogP contribution is 2.31. The topological polar surface area (TPSA) is 38.0 Å². The van der Waals surface area contributed by atoms with Crippen LogP contribution >= 0.6 is 27.3 Å². The molecule has 3 N–H and O–H groups in total. The lowest BCUT2D eigenvalue weighted by atomic mass is 10.0. The third kappa shape index (κ3) is 3.10. The summed E-state index contributed by atoms with van der Waals surface area (Å²) >= 11 is 4.48. The second-order valence-electron chi connectivity index (χ2n) is 4.11. The third-order valence-electron chi connectivity index (χ3n) is 2.83. The molecule has 2 aromatic rings. The second kappa shape index (κ2) is 6.39. The van der Waals surface area contributed by atoms with E-state index in [0.29, 0.717) is 4.88 Å². The molecule has 114 valence electrons. The maximum atomic E-state index is 13.7. The molecule has 9 heteroatoms. The first-order chi connectivity index (χ1) is 9.86. The fourth-order valence-electron chi connectivity index (χ4n) is 1.83. The van der Waals surface area contributed by atoms with Gasteiger partial charge in [-0.15, -0.1) is 11.3 Å². The maximum absolute atomic E-state index is 13.7. The number of nitrogens with two attached hydrogens (primary N) is 1. The van der Waals surface area contributed by atoms with Gasteiger partial charge in [-0.25, -0.2) is 22.0 Å². The van der Waals surface area contributed by atoms with Crippen molar-refractivity contribution in [3.8, 4) is 0 Å². The summed E-state index contributed by atoms with van der Waals surface area (Å²) in [5, 5.41) is 0. The summed E-state index contributed by atoms with van der Waals surface area (Å²) < 4.78 is 67.6. The summed E-state index contributed by atoms with van der Waals surface area (Å²) in [4.78, 5) is 0.661. The van der Waals surface area contributed by atoms with E-state index in [-0.39, 0.29) is 6.42 Å². The van der Waals surface area contributed by atoms with Gasteiger partial charge in [-0.05, 0) is 28.1 Å². The molecule has 21 heavy (non-hydrogen) atoms. The summed E-state index contributed by atoms with van der Waals surface area (Å²) in [6, 6.07) is 2.11. The van der Waals surface area contributed by atoms with E-state index < -0.39 is 40.7 Å². The Kier molecular flexibility index (Phi) is 4.97. The van der Waals surface area contributed by atoms with Crippen molar-refractivity contribution in [3.63, 3.8) is 0 Å².